The molecule has 106 valence electrons. The van der Waals surface area contributed by atoms with Crippen LogP contribution in [-0.2, 0) is 4.79 Å². The summed E-state index contributed by atoms with van der Waals surface area (Å²) in [7, 11) is 0. The van der Waals surface area contributed by atoms with E-state index in [4.69, 9.17) is 5.73 Å². The number of pyridine rings is 1. The molecule has 0 fully saturated rings. The topological polar surface area (TPSA) is 71.2 Å². The first kappa shape index (κ1) is 15.4. The molecule has 1 amide bonds. The maximum absolute atomic E-state index is 11.7. The van der Waals surface area contributed by atoms with Gasteiger partial charge in [0.25, 0.3) is 0 Å². The van der Waals surface area contributed by atoms with Gasteiger partial charge >= 0.3 is 0 Å². The van der Waals surface area contributed by atoms with Gasteiger partial charge in [0.15, 0.2) is 0 Å². The number of carbonyl (C=O) groups is 1. The summed E-state index contributed by atoms with van der Waals surface area (Å²) in [6.07, 6.45) is 2.82. The molecule has 1 atom stereocenters. The zero-order chi connectivity index (χ0) is 14.3. The molecule has 19 heavy (non-hydrogen) atoms. The summed E-state index contributed by atoms with van der Waals surface area (Å²) in [5.41, 5.74) is 6.46. The molecule has 5 nitrogen and oxygen atoms in total. The number of hydrogen-bond donors (Lipinski definition) is 2. The average Bonchev–Trinajstić information content (AvgIpc) is 2.41. The van der Waals surface area contributed by atoms with Crippen molar-refractivity contribution in [3.63, 3.8) is 0 Å². The van der Waals surface area contributed by atoms with Gasteiger partial charge in [-0.15, -0.1) is 0 Å². The SMILES string of the molecule is CCC(N)CC(=O)Nc1ccc(N(CC)CC)nc1. The molecular weight excluding hydrogens is 240 g/mol. The van der Waals surface area contributed by atoms with Crippen molar-refractivity contribution in [3.05, 3.63) is 18.3 Å². The van der Waals surface area contributed by atoms with Gasteiger partial charge in [0, 0.05) is 25.6 Å². The molecule has 1 rings (SSSR count). The fourth-order valence-corrected chi connectivity index (χ4v) is 1.79. The molecule has 1 unspecified atom stereocenters. The summed E-state index contributed by atoms with van der Waals surface area (Å²) in [6, 6.07) is 3.71. The van der Waals surface area contributed by atoms with Crippen molar-refractivity contribution < 1.29 is 4.79 Å². The molecule has 0 aromatic carbocycles. The van der Waals surface area contributed by atoms with E-state index >= 15 is 0 Å². The maximum atomic E-state index is 11.7. The first-order chi connectivity index (χ1) is 9.10. The highest BCUT2D eigenvalue weighted by Gasteiger charge is 2.08. The van der Waals surface area contributed by atoms with Gasteiger partial charge in [-0.2, -0.15) is 0 Å². The van der Waals surface area contributed by atoms with Gasteiger partial charge in [-0.05, 0) is 32.4 Å². The second-order valence-corrected chi connectivity index (χ2v) is 4.50. The summed E-state index contributed by atoms with van der Waals surface area (Å²) < 4.78 is 0. The third-order valence-electron chi connectivity index (χ3n) is 3.09. The lowest BCUT2D eigenvalue weighted by molar-refractivity contribution is -0.116. The standard InChI is InChI=1S/C14H24N4O/c1-4-11(15)9-14(19)17-12-7-8-13(16-10-12)18(5-2)6-3/h7-8,10-11H,4-6,9,15H2,1-3H3,(H,17,19). The number of anilines is 2. The van der Waals surface area contributed by atoms with Crippen LogP contribution in [-0.4, -0.2) is 30.0 Å². The molecule has 1 heterocycles. The van der Waals surface area contributed by atoms with Gasteiger partial charge in [0.1, 0.15) is 5.82 Å². The van der Waals surface area contributed by atoms with E-state index in [2.05, 4.69) is 29.0 Å². The summed E-state index contributed by atoms with van der Waals surface area (Å²) in [6.45, 7) is 7.99. The second-order valence-electron chi connectivity index (χ2n) is 4.50. The Hall–Kier alpha value is -1.62. The molecule has 0 aliphatic rings. The van der Waals surface area contributed by atoms with Crippen LogP contribution in [0.15, 0.2) is 18.3 Å². The average molecular weight is 264 g/mol. The second kappa shape index (κ2) is 7.74. The highest BCUT2D eigenvalue weighted by molar-refractivity contribution is 5.91. The van der Waals surface area contributed by atoms with Gasteiger partial charge in [-0.25, -0.2) is 4.98 Å². The van der Waals surface area contributed by atoms with E-state index in [1.807, 2.05) is 19.1 Å². The van der Waals surface area contributed by atoms with Crippen LogP contribution in [0.1, 0.15) is 33.6 Å². The normalized spacial score (nSPS) is 12.0. The Morgan fingerprint density at radius 3 is 2.53 bits per heavy atom. The van der Waals surface area contributed by atoms with Gasteiger partial charge in [0.05, 0.1) is 11.9 Å². The zero-order valence-electron chi connectivity index (χ0n) is 12.0. The van der Waals surface area contributed by atoms with Crippen LogP contribution in [0.2, 0.25) is 0 Å². The molecular formula is C14H24N4O. The molecule has 0 radical (unpaired) electrons. The predicted octanol–water partition coefficient (Wildman–Crippen LogP) is 1.99. The lowest BCUT2D eigenvalue weighted by Gasteiger charge is -2.19. The van der Waals surface area contributed by atoms with E-state index in [1.54, 1.807) is 6.20 Å². The Bertz CT molecular complexity index is 387. The van der Waals surface area contributed by atoms with Crippen LogP contribution >= 0.6 is 0 Å². The van der Waals surface area contributed by atoms with Crippen LogP contribution in [0.3, 0.4) is 0 Å². The van der Waals surface area contributed by atoms with Crippen molar-refractivity contribution in [2.75, 3.05) is 23.3 Å². The van der Waals surface area contributed by atoms with Crippen molar-refractivity contribution in [1.82, 2.24) is 4.98 Å². The smallest absolute Gasteiger partial charge is 0.225 e. The molecule has 5 heteroatoms. The van der Waals surface area contributed by atoms with Gasteiger partial charge in [-0.1, -0.05) is 6.92 Å². The first-order valence-electron chi connectivity index (χ1n) is 6.87. The van der Waals surface area contributed by atoms with E-state index in [0.29, 0.717) is 12.1 Å². The number of amides is 1. The van der Waals surface area contributed by atoms with Crippen molar-refractivity contribution in [2.45, 2.75) is 39.7 Å². The third kappa shape index (κ3) is 4.87. The van der Waals surface area contributed by atoms with E-state index in [9.17, 15) is 4.79 Å². The number of rotatable bonds is 7. The molecule has 0 saturated heterocycles. The highest BCUT2D eigenvalue weighted by Crippen LogP contribution is 2.14. The fourth-order valence-electron chi connectivity index (χ4n) is 1.79. The van der Waals surface area contributed by atoms with Crippen LogP contribution in [0, 0.1) is 0 Å². The van der Waals surface area contributed by atoms with Crippen molar-refractivity contribution in [2.24, 2.45) is 5.73 Å². The van der Waals surface area contributed by atoms with Gasteiger partial charge < -0.3 is 16.0 Å². The van der Waals surface area contributed by atoms with Crippen molar-refractivity contribution in [3.8, 4) is 0 Å². The highest BCUT2D eigenvalue weighted by atomic mass is 16.1. The molecule has 3 N–H and O–H groups in total. The largest absolute Gasteiger partial charge is 0.357 e. The van der Waals surface area contributed by atoms with E-state index in [-0.39, 0.29) is 11.9 Å². The minimum absolute atomic E-state index is 0.0632. The van der Waals surface area contributed by atoms with E-state index in [0.717, 1.165) is 25.3 Å². The Balaban J connectivity index is 2.59. The number of carbonyl (C=O) groups excluding carboxylic acids is 1. The van der Waals surface area contributed by atoms with Crippen LogP contribution in [0.25, 0.3) is 0 Å². The summed E-state index contributed by atoms with van der Waals surface area (Å²) in [5.74, 6) is 0.861. The number of nitrogens with one attached hydrogen (secondary N) is 1. The van der Waals surface area contributed by atoms with Gasteiger partial charge in [-0.3, -0.25) is 4.79 Å². The van der Waals surface area contributed by atoms with Gasteiger partial charge in [0.2, 0.25) is 5.91 Å². The molecule has 1 aromatic rings. The monoisotopic (exact) mass is 264 g/mol. The Kier molecular flexibility index (Phi) is 6.29. The quantitative estimate of drug-likeness (QED) is 0.790. The van der Waals surface area contributed by atoms with Crippen LogP contribution in [0.5, 0.6) is 0 Å². The summed E-state index contributed by atoms with van der Waals surface area (Å²) >= 11 is 0. The molecule has 0 bridgehead atoms. The Labute approximate surface area is 115 Å². The minimum atomic E-state index is -0.0806. The number of nitrogens with zero attached hydrogens (tertiary/aromatic N) is 2. The summed E-state index contributed by atoms with van der Waals surface area (Å²) in [4.78, 5) is 18.2. The summed E-state index contributed by atoms with van der Waals surface area (Å²) in [5, 5.41) is 2.81. The third-order valence-corrected chi connectivity index (χ3v) is 3.09. The number of aromatic nitrogens is 1. The van der Waals surface area contributed by atoms with E-state index in [1.165, 1.54) is 0 Å². The minimum Gasteiger partial charge on any atom is -0.357 e. The number of nitrogens with two attached hydrogens (primary N) is 1. The molecule has 1 aromatic heterocycles. The first-order valence-corrected chi connectivity index (χ1v) is 6.87. The molecule has 0 spiro atoms. The lowest BCUT2D eigenvalue weighted by Crippen LogP contribution is -2.26. The van der Waals surface area contributed by atoms with Crippen LogP contribution < -0.4 is 16.0 Å². The van der Waals surface area contributed by atoms with E-state index < -0.39 is 0 Å². The predicted molar refractivity (Wildman–Crippen MR) is 79.3 cm³/mol. The van der Waals surface area contributed by atoms with Crippen molar-refractivity contribution in [1.29, 1.82) is 0 Å². The molecule has 0 aliphatic carbocycles. The fraction of sp³-hybridized carbons (Fsp3) is 0.571. The molecule has 0 aliphatic heterocycles. The maximum Gasteiger partial charge on any atom is 0.225 e. The number of hydrogen-bond acceptors (Lipinski definition) is 4. The Morgan fingerprint density at radius 2 is 2.05 bits per heavy atom. The zero-order valence-corrected chi connectivity index (χ0v) is 12.0. The van der Waals surface area contributed by atoms with Crippen LogP contribution in [0.4, 0.5) is 11.5 Å². The van der Waals surface area contributed by atoms with Crippen molar-refractivity contribution >= 4 is 17.4 Å². The Morgan fingerprint density at radius 1 is 1.37 bits per heavy atom. The molecule has 0 saturated carbocycles. The lowest BCUT2D eigenvalue weighted by atomic mass is 10.1.